The summed E-state index contributed by atoms with van der Waals surface area (Å²) in [7, 11) is -1.99. The molecule has 2 N–H and O–H groups in total. The SMILES string of the molecule is CCS(=O)(=O)Nc1ccc(NC(=O)c2ccc(-n3c(C)ccc3C)cc2)cc1OC. The molecule has 0 radical (unpaired) electrons. The van der Waals surface area contributed by atoms with Gasteiger partial charge in [0.15, 0.2) is 0 Å². The summed E-state index contributed by atoms with van der Waals surface area (Å²) >= 11 is 0. The predicted octanol–water partition coefficient (Wildman–Crippen LogP) is 4.12. The van der Waals surface area contributed by atoms with Crippen molar-refractivity contribution >= 4 is 27.3 Å². The molecule has 158 valence electrons. The van der Waals surface area contributed by atoms with E-state index in [1.807, 2.05) is 38.1 Å². The fraction of sp³-hybridized carbons (Fsp3) is 0.227. The van der Waals surface area contributed by atoms with Crippen LogP contribution in [0.25, 0.3) is 5.69 Å². The Balaban J connectivity index is 1.77. The minimum absolute atomic E-state index is 0.0489. The molecule has 0 saturated heterocycles. The number of aryl methyl sites for hydroxylation is 2. The lowest BCUT2D eigenvalue weighted by atomic mass is 10.1. The largest absolute Gasteiger partial charge is 0.494 e. The number of rotatable bonds is 7. The maximum Gasteiger partial charge on any atom is 0.255 e. The van der Waals surface area contributed by atoms with Crippen LogP contribution in [0, 0.1) is 13.8 Å². The lowest BCUT2D eigenvalue weighted by Gasteiger charge is -2.13. The number of nitrogens with zero attached hydrogens (tertiary/aromatic N) is 1. The molecule has 0 aliphatic carbocycles. The smallest absolute Gasteiger partial charge is 0.255 e. The Morgan fingerprint density at radius 2 is 1.63 bits per heavy atom. The van der Waals surface area contributed by atoms with Crippen LogP contribution in [0.2, 0.25) is 0 Å². The second-order valence-corrected chi connectivity index (χ2v) is 8.88. The van der Waals surface area contributed by atoms with Gasteiger partial charge in [-0.3, -0.25) is 9.52 Å². The van der Waals surface area contributed by atoms with E-state index < -0.39 is 10.0 Å². The molecule has 0 saturated carbocycles. The number of ether oxygens (including phenoxy) is 1. The van der Waals surface area contributed by atoms with Crippen LogP contribution in [-0.2, 0) is 10.0 Å². The second-order valence-electron chi connectivity index (χ2n) is 6.87. The average molecular weight is 428 g/mol. The molecule has 7 nitrogen and oxygen atoms in total. The van der Waals surface area contributed by atoms with Gasteiger partial charge in [-0.1, -0.05) is 0 Å². The molecule has 8 heteroatoms. The molecule has 1 amide bonds. The van der Waals surface area contributed by atoms with Gasteiger partial charge in [-0.05, 0) is 69.3 Å². The summed E-state index contributed by atoms with van der Waals surface area (Å²) in [5.74, 6) is -0.00245. The van der Waals surface area contributed by atoms with Gasteiger partial charge < -0.3 is 14.6 Å². The van der Waals surface area contributed by atoms with Gasteiger partial charge in [-0.2, -0.15) is 0 Å². The van der Waals surface area contributed by atoms with E-state index in [4.69, 9.17) is 4.74 Å². The first kappa shape index (κ1) is 21.4. The van der Waals surface area contributed by atoms with Crippen molar-refractivity contribution in [2.45, 2.75) is 20.8 Å². The number of sulfonamides is 1. The second kappa shape index (κ2) is 8.62. The van der Waals surface area contributed by atoms with Gasteiger partial charge in [0.1, 0.15) is 5.75 Å². The molecule has 0 spiro atoms. The standard InChI is InChI=1S/C22H25N3O4S/c1-5-30(27,28)24-20-13-10-18(14-21(20)29-4)23-22(26)17-8-11-19(12-9-17)25-15(2)6-7-16(25)3/h6-14,24H,5H2,1-4H3,(H,23,26). The van der Waals surface area contributed by atoms with Crippen molar-refractivity contribution in [2.24, 2.45) is 0 Å². The average Bonchev–Trinajstić information content (AvgIpc) is 3.07. The van der Waals surface area contributed by atoms with E-state index in [0.717, 1.165) is 17.1 Å². The first-order chi connectivity index (χ1) is 14.2. The number of anilines is 2. The Hall–Kier alpha value is -3.26. The molecule has 1 heterocycles. The predicted molar refractivity (Wildman–Crippen MR) is 119 cm³/mol. The van der Waals surface area contributed by atoms with E-state index in [1.54, 1.807) is 37.3 Å². The van der Waals surface area contributed by atoms with Crippen LogP contribution in [-0.4, -0.2) is 31.8 Å². The number of carbonyl (C=O) groups is 1. The number of hydrogen-bond acceptors (Lipinski definition) is 4. The molecule has 0 atom stereocenters. The lowest BCUT2D eigenvalue weighted by molar-refractivity contribution is 0.102. The summed E-state index contributed by atoms with van der Waals surface area (Å²) in [5.41, 5.74) is 4.56. The zero-order chi connectivity index (χ0) is 21.9. The van der Waals surface area contributed by atoms with Crippen LogP contribution in [0.4, 0.5) is 11.4 Å². The van der Waals surface area contributed by atoms with Gasteiger partial charge in [0.2, 0.25) is 10.0 Å². The maximum absolute atomic E-state index is 12.6. The van der Waals surface area contributed by atoms with E-state index >= 15 is 0 Å². The number of carbonyl (C=O) groups excluding carboxylic acids is 1. The van der Waals surface area contributed by atoms with Gasteiger partial charge in [0.25, 0.3) is 5.91 Å². The molecule has 0 aliphatic heterocycles. The van der Waals surface area contributed by atoms with Gasteiger partial charge in [-0.15, -0.1) is 0 Å². The van der Waals surface area contributed by atoms with Crippen molar-refractivity contribution in [3.63, 3.8) is 0 Å². The molecule has 3 aromatic rings. The molecule has 0 bridgehead atoms. The molecule has 0 unspecified atom stereocenters. The zero-order valence-electron chi connectivity index (χ0n) is 17.4. The Kier molecular flexibility index (Phi) is 6.17. The Labute approximate surface area is 176 Å². The van der Waals surface area contributed by atoms with Crippen molar-refractivity contribution in [1.29, 1.82) is 0 Å². The third-order valence-corrected chi connectivity index (χ3v) is 6.05. The third-order valence-electron chi connectivity index (χ3n) is 4.76. The highest BCUT2D eigenvalue weighted by atomic mass is 32.2. The van der Waals surface area contributed by atoms with Crippen LogP contribution in [0.15, 0.2) is 54.6 Å². The molecular weight excluding hydrogens is 402 g/mol. The van der Waals surface area contributed by atoms with E-state index in [0.29, 0.717) is 22.7 Å². The van der Waals surface area contributed by atoms with Crippen LogP contribution < -0.4 is 14.8 Å². The first-order valence-electron chi connectivity index (χ1n) is 9.49. The van der Waals surface area contributed by atoms with Crippen molar-refractivity contribution < 1.29 is 17.9 Å². The summed E-state index contributed by atoms with van der Waals surface area (Å²) in [4.78, 5) is 12.6. The normalized spacial score (nSPS) is 11.2. The summed E-state index contributed by atoms with van der Waals surface area (Å²) < 4.78 is 33.4. The van der Waals surface area contributed by atoms with E-state index in [-0.39, 0.29) is 11.7 Å². The van der Waals surface area contributed by atoms with Gasteiger partial charge in [0, 0.05) is 34.4 Å². The molecule has 30 heavy (non-hydrogen) atoms. The summed E-state index contributed by atoms with van der Waals surface area (Å²) in [6.45, 7) is 5.62. The van der Waals surface area contributed by atoms with Crippen LogP contribution >= 0.6 is 0 Å². The number of methoxy groups -OCH3 is 1. The fourth-order valence-corrected chi connectivity index (χ4v) is 3.78. The summed E-state index contributed by atoms with van der Waals surface area (Å²) in [6.07, 6.45) is 0. The van der Waals surface area contributed by atoms with Crippen molar-refractivity contribution in [2.75, 3.05) is 22.9 Å². The molecule has 0 fully saturated rings. The zero-order valence-corrected chi connectivity index (χ0v) is 18.2. The van der Waals surface area contributed by atoms with E-state index in [2.05, 4.69) is 14.6 Å². The van der Waals surface area contributed by atoms with Gasteiger partial charge in [0.05, 0.1) is 18.6 Å². The molecule has 2 aromatic carbocycles. The van der Waals surface area contributed by atoms with E-state index in [1.165, 1.54) is 7.11 Å². The highest BCUT2D eigenvalue weighted by Gasteiger charge is 2.13. The number of amides is 1. The Morgan fingerprint density at radius 3 is 2.20 bits per heavy atom. The number of hydrogen-bond donors (Lipinski definition) is 2. The Bertz CT molecular complexity index is 1150. The topological polar surface area (TPSA) is 89.4 Å². The number of aromatic nitrogens is 1. The number of nitrogens with one attached hydrogen (secondary N) is 2. The van der Waals surface area contributed by atoms with Crippen molar-refractivity contribution in [1.82, 2.24) is 4.57 Å². The van der Waals surface area contributed by atoms with Gasteiger partial charge in [-0.25, -0.2) is 8.42 Å². The molecule has 3 rings (SSSR count). The quantitative estimate of drug-likeness (QED) is 0.594. The highest BCUT2D eigenvalue weighted by Crippen LogP contribution is 2.29. The number of benzene rings is 2. The maximum atomic E-state index is 12.6. The lowest BCUT2D eigenvalue weighted by Crippen LogP contribution is -2.16. The van der Waals surface area contributed by atoms with Gasteiger partial charge >= 0.3 is 0 Å². The molecule has 0 aliphatic rings. The van der Waals surface area contributed by atoms with Crippen molar-refractivity contribution in [3.05, 3.63) is 71.5 Å². The Morgan fingerprint density at radius 1 is 1.00 bits per heavy atom. The minimum Gasteiger partial charge on any atom is -0.494 e. The van der Waals surface area contributed by atoms with E-state index in [9.17, 15) is 13.2 Å². The molecule has 1 aromatic heterocycles. The first-order valence-corrected chi connectivity index (χ1v) is 11.1. The van der Waals surface area contributed by atoms with Crippen LogP contribution in [0.5, 0.6) is 5.75 Å². The van der Waals surface area contributed by atoms with Crippen LogP contribution in [0.1, 0.15) is 28.7 Å². The third kappa shape index (κ3) is 4.65. The minimum atomic E-state index is -3.43. The summed E-state index contributed by atoms with van der Waals surface area (Å²) in [6, 6.07) is 16.2. The van der Waals surface area contributed by atoms with Crippen LogP contribution in [0.3, 0.4) is 0 Å². The van der Waals surface area contributed by atoms with Crippen molar-refractivity contribution in [3.8, 4) is 11.4 Å². The molecular formula is C22H25N3O4S. The summed E-state index contributed by atoms with van der Waals surface area (Å²) in [5, 5.41) is 2.81. The fourth-order valence-electron chi connectivity index (χ4n) is 3.13. The monoisotopic (exact) mass is 427 g/mol. The highest BCUT2D eigenvalue weighted by molar-refractivity contribution is 7.92.